The van der Waals surface area contributed by atoms with Gasteiger partial charge in [-0.2, -0.15) is 0 Å². The number of anilines is 6. The van der Waals surface area contributed by atoms with Crippen LogP contribution in [0.2, 0.25) is 0 Å². The smallest absolute Gasteiger partial charge is 0.305 e. The van der Waals surface area contributed by atoms with Gasteiger partial charge in [-0.15, -0.1) is 22.7 Å². The Morgan fingerprint density at radius 2 is 0.804 bits per heavy atom. The summed E-state index contributed by atoms with van der Waals surface area (Å²) in [6.07, 6.45) is 2.00. The van der Waals surface area contributed by atoms with E-state index in [0.29, 0.717) is 25.7 Å². The monoisotopic (exact) mass is 772 g/mol. The van der Waals surface area contributed by atoms with E-state index in [1.165, 1.54) is 44.1 Å². The van der Waals surface area contributed by atoms with Gasteiger partial charge in [-0.05, 0) is 132 Å². The predicted molar refractivity (Wildman–Crippen MR) is 233 cm³/mol. The topological polar surface area (TPSA) is 59.1 Å². The van der Waals surface area contributed by atoms with Gasteiger partial charge in [0.05, 0.1) is 14.2 Å². The van der Waals surface area contributed by atoms with Gasteiger partial charge < -0.3 is 19.3 Å². The Morgan fingerprint density at radius 3 is 1.18 bits per heavy atom. The number of fused-ring (bicyclic) bond motifs is 2. The van der Waals surface area contributed by atoms with Gasteiger partial charge in [0, 0.05) is 66.1 Å². The molecular formula is C48H40N2O4S2. The first-order chi connectivity index (χ1) is 27.4. The number of para-hydroxylation sites is 2. The molecule has 0 saturated heterocycles. The Hall–Kier alpha value is -6.22. The van der Waals surface area contributed by atoms with Crippen LogP contribution in [0.1, 0.15) is 24.0 Å². The molecule has 2 aromatic heterocycles. The number of esters is 2. The van der Waals surface area contributed by atoms with Crippen molar-refractivity contribution in [2.24, 2.45) is 0 Å². The van der Waals surface area contributed by atoms with Crippen molar-refractivity contribution in [1.29, 1.82) is 0 Å². The summed E-state index contributed by atoms with van der Waals surface area (Å²) in [5.41, 5.74) is 8.59. The lowest BCUT2D eigenvalue weighted by Gasteiger charge is -2.25. The highest BCUT2D eigenvalue weighted by molar-refractivity contribution is 7.28. The maximum atomic E-state index is 11.7. The van der Waals surface area contributed by atoms with Crippen LogP contribution in [0, 0.1) is 0 Å². The van der Waals surface area contributed by atoms with Crippen LogP contribution in [0.5, 0.6) is 0 Å². The normalized spacial score (nSPS) is 11.1. The van der Waals surface area contributed by atoms with Gasteiger partial charge in [0.2, 0.25) is 0 Å². The number of rotatable bonds is 13. The molecule has 2 heterocycles. The summed E-state index contributed by atoms with van der Waals surface area (Å²) < 4.78 is 12.1. The van der Waals surface area contributed by atoms with E-state index in [4.69, 9.17) is 9.47 Å². The number of aryl methyl sites for hydroxylation is 2. The van der Waals surface area contributed by atoms with E-state index >= 15 is 0 Å². The molecule has 278 valence electrons. The zero-order valence-corrected chi connectivity index (χ0v) is 32.8. The molecule has 0 aliphatic rings. The molecule has 0 spiro atoms. The van der Waals surface area contributed by atoms with Crippen LogP contribution in [0.4, 0.5) is 34.1 Å². The van der Waals surface area contributed by atoms with Crippen molar-refractivity contribution in [2.45, 2.75) is 25.7 Å². The molecule has 6 nitrogen and oxygen atoms in total. The zero-order valence-electron chi connectivity index (χ0n) is 31.2. The lowest BCUT2D eigenvalue weighted by Crippen LogP contribution is -2.09. The molecule has 8 heteroatoms. The van der Waals surface area contributed by atoms with Crippen LogP contribution < -0.4 is 9.80 Å². The summed E-state index contributed by atoms with van der Waals surface area (Å²) in [5.74, 6) is -0.404. The van der Waals surface area contributed by atoms with Gasteiger partial charge in [0.25, 0.3) is 0 Å². The number of hydrogen-bond donors (Lipinski definition) is 0. The molecule has 8 rings (SSSR count). The van der Waals surface area contributed by atoms with Crippen molar-refractivity contribution >= 4 is 88.9 Å². The molecule has 0 saturated carbocycles. The molecule has 0 radical (unpaired) electrons. The highest BCUT2D eigenvalue weighted by Crippen LogP contribution is 2.44. The van der Waals surface area contributed by atoms with Crippen molar-refractivity contribution in [1.82, 2.24) is 0 Å². The second-order valence-electron chi connectivity index (χ2n) is 13.5. The van der Waals surface area contributed by atoms with Crippen LogP contribution in [0.25, 0.3) is 29.9 Å². The third-order valence-electron chi connectivity index (χ3n) is 9.87. The van der Waals surface area contributed by atoms with Crippen LogP contribution in [-0.4, -0.2) is 26.2 Å². The van der Waals surface area contributed by atoms with E-state index in [0.717, 1.165) is 45.3 Å². The van der Waals surface area contributed by atoms with Crippen LogP contribution in [0.3, 0.4) is 0 Å². The highest BCUT2D eigenvalue weighted by Gasteiger charge is 2.17. The fraction of sp³-hybridized carbons (Fsp3) is 0.125. The Labute approximate surface area is 334 Å². The third kappa shape index (κ3) is 8.08. The number of methoxy groups -OCH3 is 2. The summed E-state index contributed by atoms with van der Waals surface area (Å²) >= 11 is 3.63. The number of ether oxygens (including phenoxy) is 2. The van der Waals surface area contributed by atoms with E-state index in [2.05, 4.69) is 155 Å². The summed E-state index contributed by atoms with van der Waals surface area (Å²) in [5, 5.41) is 2.39. The van der Waals surface area contributed by atoms with Gasteiger partial charge >= 0.3 is 11.9 Å². The standard InChI is InChI=1S/C48H40N2O4S2/c1-53-47(51)27-17-33-13-19-39(20-14-33)49(37-9-5-3-6-10-37)41-23-25-43-35(29-41)31-45(55-43)46-32-36-30-42(24-26-44(36)56-46)50(38-11-7-4-8-12-38)40-21-15-34(16-22-40)18-28-48(52)54-2/h3-16,19-26,29-32H,17-18,27-28H2,1-2H3. The molecule has 8 aromatic rings. The molecule has 0 atom stereocenters. The van der Waals surface area contributed by atoms with E-state index in [-0.39, 0.29) is 11.9 Å². The Kier molecular flexibility index (Phi) is 10.9. The van der Waals surface area contributed by atoms with Crippen molar-refractivity contribution in [3.63, 3.8) is 0 Å². The second-order valence-corrected chi connectivity index (χ2v) is 15.7. The first-order valence-corrected chi connectivity index (χ1v) is 20.2. The number of benzene rings is 6. The number of carbonyl (C=O) groups excluding carboxylic acids is 2. The van der Waals surface area contributed by atoms with Crippen LogP contribution >= 0.6 is 22.7 Å². The molecule has 56 heavy (non-hydrogen) atoms. The van der Waals surface area contributed by atoms with Gasteiger partial charge in [-0.1, -0.05) is 60.7 Å². The Bertz CT molecular complexity index is 2420. The minimum Gasteiger partial charge on any atom is -0.469 e. The van der Waals surface area contributed by atoms with Crippen molar-refractivity contribution in [2.75, 3.05) is 24.0 Å². The van der Waals surface area contributed by atoms with E-state index in [1.807, 2.05) is 34.8 Å². The fourth-order valence-corrected chi connectivity index (χ4v) is 9.11. The molecular weight excluding hydrogens is 733 g/mol. The minimum absolute atomic E-state index is 0.202. The van der Waals surface area contributed by atoms with Gasteiger partial charge in [0.15, 0.2) is 0 Å². The maximum Gasteiger partial charge on any atom is 0.305 e. The summed E-state index contributed by atoms with van der Waals surface area (Å²) in [4.78, 5) is 30.5. The number of nitrogens with zero attached hydrogens (tertiary/aromatic N) is 2. The molecule has 0 unspecified atom stereocenters. The van der Waals surface area contributed by atoms with E-state index < -0.39 is 0 Å². The minimum atomic E-state index is -0.202. The van der Waals surface area contributed by atoms with Crippen molar-refractivity contribution in [3.05, 3.63) is 169 Å². The zero-order chi connectivity index (χ0) is 38.4. The third-order valence-corrected chi connectivity index (χ3v) is 12.3. The Balaban J connectivity index is 1.09. The second kappa shape index (κ2) is 16.7. The SMILES string of the molecule is COC(=O)CCc1ccc(N(c2ccccc2)c2ccc3sc(-c4cc5cc(N(c6ccccc6)c6ccc(CCC(=O)OC)cc6)ccc5s4)cc3c2)cc1. The maximum absolute atomic E-state index is 11.7. The molecule has 0 N–H and O–H groups in total. The van der Waals surface area contributed by atoms with Gasteiger partial charge in [-0.25, -0.2) is 0 Å². The number of hydrogen-bond acceptors (Lipinski definition) is 8. The quantitative estimate of drug-likeness (QED) is 0.109. The first kappa shape index (κ1) is 36.7. The summed E-state index contributed by atoms with van der Waals surface area (Å²) in [6, 6.07) is 55.7. The fourth-order valence-electron chi connectivity index (χ4n) is 6.95. The lowest BCUT2D eigenvalue weighted by molar-refractivity contribution is -0.141. The summed E-state index contributed by atoms with van der Waals surface area (Å²) in [7, 11) is 2.85. The molecule has 0 amide bonds. The molecule has 0 fully saturated rings. The lowest BCUT2D eigenvalue weighted by atomic mass is 10.1. The van der Waals surface area contributed by atoms with Crippen molar-refractivity contribution < 1.29 is 19.1 Å². The molecule has 0 aliphatic carbocycles. The average molecular weight is 773 g/mol. The Morgan fingerprint density at radius 1 is 0.446 bits per heavy atom. The van der Waals surface area contributed by atoms with E-state index in [9.17, 15) is 9.59 Å². The number of carbonyl (C=O) groups is 2. The molecule has 0 bridgehead atoms. The molecule has 0 aliphatic heterocycles. The van der Waals surface area contributed by atoms with Gasteiger partial charge in [-0.3, -0.25) is 9.59 Å². The average Bonchev–Trinajstić information content (AvgIpc) is 3.88. The largest absolute Gasteiger partial charge is 0.469 e. The van der Waals surface area contributed by atoms with Crippen LogP contribution in [0.15, 0.2) is 158 Å². The van der Waals surface area contributed by atoms with Crippen molar-refractivity contribution in [3.8, 4) is 9.75 Å². The predicted octanol–water partition coefficient (Wildman–Crippen LogP) is 12.9. The highest BCUT2D eigenvalue weighted by atomic mass is 32.1. The van der Waals surface area contributed by atoms with Gasteiger partial charge in [0.1, 0.15) is 0 Å². The first-order valence-electron chi connectivity index (χ1n) is 18.6. The van der Waals surface area contributed by atoms with E-state index in [1.54, 1.807) is 0 Å². The van der Waals surface area contributed by atoms with Crippen LogP contribution in [-0.2, 0) is 31.9 Å². The number of thiophene rings is 2. The molecule has 6 aromatic carbocycles. The summed E-state index contributed by atoms with van der Waals surface area (Å²) in [6.45, 7) is 0.